The Bertz CT molecular complexity index is 712. The third-order valence-corrected chi connectivity index (χ3v) is 4.36. The van der Waals surface area contributed by atoms with E-state index in [-0.39, 0.29) is 18.4 Å². The monoisotopic (exact) mass is 313 g/mol. The minimum atomic E-state index is -0.955. The second kappa shape index (κ2) is 6.24. The fraction of sp³-hybridized carbons (Fsp3) is 0.353. The summed E-state index contributed by atoms with van der Waals surface area (Å²) in [5, 5.41) is 9.49. The summed E-state index contributed by atoms with van der Waals surface area (Å²) >= 11 is 0. The number of hydrogen-bond acceptors (Lipinski definition) is 3. The molecule has 0 fully saturated rings. The zero-order valence-electron chi connectivity index (χ0n) is 12.9. The van der Waals surface area contributed by atoms with Gasteiger partial charge in [0.15, 0.2) is 0 Å². The maximum atomic E-state index is 12.7. The molecule has 0 spiro atoms. The smallest absolute Gasteiger partial charge is 0.326 e. The van der Waals surface area contributed by atoms with Crippen molar-refractivity contribution < 1.29 is 14.7 Å². The van der Waals surface area contributed by atoms with Gasteiger partial charge < -0.3 is 14.6 Å². The molecule has 1 aliphatic rings. The van der Waals surface area contributed by atoms with Crippen LogP contribution in [0.1, 0.15) is 30.5 Å². The molecule has 1 amide bonds. The van der Waals surface area contributed by atoms with Crippen LogP contribution in [0.3, 0.4) is 0 Å². The van der Waals surface area contributed by atoms with Gasteiger partial charge in [0.05, 0.1) is 6.33 Å². The SMILES string of the molecule is CC(CC(=O)N1Cc2ccccc2C[C@@H]1C(=O)O)n1ccnc1. The largest absolute Gasteiger partial charge is 0.480 e. The van der Waals surface area contributed by atoms with Crippen molar-refractivity contribution in [2.75, 3.05) is 0 Å². The van der Waals surface area contributed by atoms with E-state index in [2.05, 4.69) is 4.98 Å². The number of carboxylic acid groups (broad SMARTS) is 1. The molecule has 120 valence electrons. The summed E-state index contributed by atoms with van der Waals surface area (Å²) in [4.78, 5) is 29.7. The van der Waals surface area contributed by atoms with Crippen molar-refractivity contribution in [1.29, 1.82) is 0 Å². The Morgan fingerprint density at radius 2 is 2.09 bits per heavy atom. The lowest BCUT2D eigenvalue weighted by Gasteiger charge is -2.35. The minimum Gasteiger partial charge on any atom is -0.480 e. The topological polar surface area (TPSA) is 75.4 Å². The Kier molecular flexibility index (Phi) is 4.14. The number of carboxylic acids is 1. The minimum absolute atomic E-state index is 0.0587. The number of amides is 1. The average molecular weight is 313 g/mol. The molecule has 2 aromatic rings. The molecule has 0 aliphatic carbocycles. The molecule has 1 N–H and O–H groups in total. The van der Waals surface area contributed by atoms with Gasteiger partial charge in [-0.3, -0.25) is 4.79 Å². The predicted octanol–water partition coefficient (Wildman–Crippen LogP) is 1.87. The van der Waals surface area contributed by atoms with Crippen molar-refractivity contribution in [1.82, 2.24) is 14.5 Å². The number of nitrogens with zero attached hydrogens (tertiary/aromatic N) is 3. The fourth-order valence-electron chi connectivity index (χ4n) is 3.01. The van der Waals surface area contributed by atoms with Crippen LogP contribution in [0.4, 0.5) is 0 Å². The molecule has 0 saturated carbocycles. The van der Waals surface area contributed by atoms with Crippen molar-refractivity contribution >= 4 is 11.9 Å². The maximum Gasteiger partial charge on any atom is 0.326 e. The van der Waals surface area contributed by atoms with Crippen molar-refractivity contribution in [3.05, 3.63) is 54.1 Å². The van der Waals surface area contributed by atoms with Crippen LogP contribution in [-0.4, -0.2) is 37.5 Å². The van der Waals surface area contributed by atoms with E-state index < -0.39 is 12.0 Å². The van der Waals surface area contributed by atoms with Crippen LogP contribution >= 0.6 is 0 Å². The number of imidazole rings is 1. The molecule has 1 aromatic carbocycles. The summed E-state index contributed by atoms with van der Waals surface area (Å²) in [6.07, 6.45) is 5.74. The summed E-state index contributed by atoms with van der Waals surface area (Å²) in [6.45, 7) is 2.27. The van der Waals surface area contributed by atoms with E-state index in [9.17, 15) is 14.7 Å². The van der Waals surface area contributed by atoms with Crippen LogP contribution in [0, 0.1) is 0 Å². The molecule has 0 saturated heterocycles. The third kappa shape index (κ3) is 3.11. The van der Waals surface area contributed by atoms with Gasteiger partial charge >= 0.3 is 5.97 Å². The van der Waals surface area contributed by atoms with E-state index in [1.165, 1.54) is 4.90 Å². The highest BCUT2D eigenvalue weighted by atomic mass is 16.4. The van der Waals surface area contributed by atoms with Crippen molar-refractivity contribution in [2.45, 2.75) is 38.4 Å². The van der Waals surface area contributed by atoms with Crippen molar-refractivity contribution in [2.24, 2.45) is 0 Å². The number of benzene rings is 1. The van der Waals surface area contributed by atoms with Crippen LogP contribution in [0.2, 0.25) is 0 Å². The summed E-state index contributed by atoms with van der Waals surface area (Å²) in [5.41, 5.74) is 2.03. The third-order valence-electron chi connectivity index (χ3n) is 4.36. The number of hydrogen-bond donors (Lipinski definition) is 1. The molecule has 1 unspecified atom stereocenters. The molecule has 23 heavy (non-hydrogen) atoms. The molecule has 2 heterocycles. The molecular formula is C17H19N3O3. The zero-order valence-corrected chi connectivity index (χ0v) is 12.9. The summed E-state index contributed by atoms with van der Waals surface area (Å²) < 4.78 is 1.85. The van der Waals surface area contributed by atoms with Gasteiger partial charge in [0, 0.05) is 37.8 Å². The van der Waals surface area contributed by atoms with Gasteiger partial charge in [0.1, 0.15) is 6.04 Å². The second-order valence-corrected chi connectivity index (χ2v) is 5.91. The molecule has 3 rings (SSSR count). The number of fused-ring (bicyclic) bond motifs is 1. The van der Waals surface area contributed by atoms with E-state index in [0.29, 0.717) is 13.0 Å². The highest BCUT2D eigenvalue weighted by Crippen LogP contribution is 2.25. The van der Waals surface area contributed by atoms with E-state index >= 15 is 0 Å². The first-order valence-corrected chi connectivity index (χ1v) is 7.62. The second-order valence-electron chi connectivity index (χ2n) is 5.91. The first kappa shape index (κ1) is 15.3. The van der Waals surface area contributed by atoms with Crippen LogP contribution in [-0.2, 0) is 22.6 Å². The van der Waals surface area contributed by atoms with Gasteiger partial charge in [-0.05, 0) is 18.1 Å². The lowest BCUT2D eigenvalue weighted by Crippen LogP contribution is -2.49. The summed E-state index contributed by atoms with van der Waals surface area (Å²) in [6, 6.07) is 6.84. The zero-order chi connectivity index (χ0) is 16.4. The van der Waals surface area contributed by atoms with Gasteiger partial charge in [-0.1, -0.05) is 24.3 Å². The predicted molar refractivity (Wildman–Crippen MR) is 83.7 cm³/mol. The first-order chi connectivity index (χ1) is 11.1. The summed E-state index contributed by atoms with van der Waals surface area (Å²) in [7, 11) is 0. The number of rotatable bonds is 4. The van der Waals surface area contributed by atoms with Crippen LogP contribution in [0.5, 0.6) is 0 Å². The van der Waals surface area contributed by atoms with Crippen LogP contribution in [0.15, 0.2) is 43.0 Å². The molecular weight excluding hydrogens is 294 g/mol. The molecule has 6 nitrogen and oxygen atoms in total. The Balaban J connectivity index is 1.79. The lowest BCUT2D eigenvalue weighted by molar-refractivity contribution is -0.151. The first-order valence-electron chi connectivity index (χ1n) is 7.62. The Morgan fingerprint density at radius 1 is 1.35 bits per heavy atom. The Labute approximate surface area is 134 Å². The van der Waals surface area contributed by atoms with Gasteiger partial charge in [-0.25, -0.2) is 9.78 Å². The molecule has 6 heteroatoms. The van der Waals surface area contributed by atoms with Crippen LogP contribution in [0.25, 0.3) is 0 Å². The van der Waals surface area contributed by atoms with Crippen LogP contribution < -0.4 is 0 Å². The molecule has 2 atom stereocenters. The number of carbonyl (C=O) groups excluding carboxylic acids is 1. The Hall–Kier alpha value is -2.63. The van der Waals surface area contributed by atoms with Gasteiger partial charge in [-0.15, -0.1) is 0 Å². The quantitative estimate of drug-likeness (QED) is 0.935. The fourth-order valence-corrected chi connectivity index (χ4v) is 3.01. The number of aromatic nitrogens is 2. The molecule has 1 aromatic heterocycles. The average Bonchev–Trinajstić information content (AvgIpc) is 3.08. The number of aliphatic carboxylic acids is 1. The van der Waals surface area contributed by atoms with Gasteiger partial charge in [0.25, 0.3) is 0 Å². The highest BCUT2D eigenvalue weighted by Gasteiger charge is 2.34. The molecule has 0 radical (unpaired) electrons. The maximum absolute atomic E-state index is 12.7. The lowest BCUT2D eigenvalue weighted by atomic mass is 9.93. The van der Waals surface area contributed by atoms with Gasteiger partial charge in [0.2, 0.25) is 5.91 Å². The van der Waals surface area contributed by atoms with Crippen molar-refractivity contribution in [3.63, 3.8) is 0 Å². The van der Waals surface area contributed by atoms with Crippen molar-refractivity contribution in [3.8, 4) is 0 Å². The van der Waals surface area contributed by atoms with E-state index in [1.54, 1.807) is 18.7 Å². The van der Waals surface area contributed by atoms with E-state index in [4.69, 9.17) is 0 Å². The standard InChI is InChI=1S/C17H19N3O3/c1-12(19-7-6-18-11-19)8-16(21)20-10-14-5-3-2-4-13(14)9-15(20)17(22)23/h2-7,11-12,15H,8-10H2,1H3,(H,22,23)/t12?,15-/m1/s1. The number of carbonyl (C=O) groups is 2. The van der Waals surface area contributed by atoms with E-state index in [0.717, 1.165) is 11.1 Å². The Morgan fingerprint density at radius 3 is 2.74 bits per heavy atom. The van der Waals surface area contributed by atoms with Gasteiger partial charge in [-0.2, -0.15) is 0 Å². The van der Waals surface area contributed by atoms with E-state index in [1.807, 2.05) is 35.8 Å². The highest BCUT2D eigenvalue weighted by molar-refractivity contribution is 5.84. The summed E-state index contributed by atoms with van der Waals surface area (Å²) in [5.74, 6) is -1.10. The molecule has 1 aliphatic heterocycles. The normalized spacial score (nSPS) is 18.3. The molecule has 0 bridgehead atoms.